The van der Waals surface area contributed by atoms with E-state index in [2.05, 4.69) is 11.9 Å². The molecule has 0 fully saturated rings. The molecule has 0 aromatic heterocycles. The molecule has 4 nitrogen and oxygen atoms in total. The number of likely N-dealkylation sites (N-methyl/N-ethyl adjacent to an activating group) is 1. The second-order valence-electron chi connectivity index (χ2n) is 5.81. The molecule has 1 heterocycles. The minimum absolute atomic E-state index is 0.100. The summed E-state index contributed by atoms with van der Waals surface area (Å²) in [5.41, 5.74) is 3.27. The largest absolute Gasteiger partial charge is 0.508 e. The molecular weight excluding hydrogens is 278 g/mol. The van der Waals surface area contributed by atoms with Gasteiger partial charge in [0.1, 0.15) is 5.75 Å². The van der Waals surface area contributed by atoms with E-state index in [0.717, 1.165) is 30.5 Å². The number of hydrogen-bond acceptors (Lipinski definition) is 4. The molecule has 0 spiro atoms. The lowest BCUT2D eigenvalue weighted by molar-refractivity contribution is 0.222. The fourth-order valence-corrected chi connectivity index (χ4v) is 3.17. The van der Waals surface area contributed by atoms with E-state index in [0.29, 0.717) is 5.75 Å². The number of phenols is 2. The normalized spacial score (nSPS) is 18.0. The first-order valence-electron chi connectivity index (χ1n) is 7.47. The average Bonchev–Trinajstić information content (AvgIpc) is 2.52. The van der Waals surface area contributed by atoms with E-state index in [1.807, 2.05) is 24.3 Å². The summed E-state index contributed by atoms with van der Waals surface area (Å²) < 4.78 is 5.26. The van der Waals surface area contributed by atoms with Crippen molar-refractivity contribution in [3.05, 3.63) is 53.1 Å². The van der Waals surface area contributed by atoms with Gasteiger partial charge in [0.2, 0.25) is 0 Å². The fourth-order valence-electron chi connectivity index (χ4n) is 3.17. The van der Waals surface area contributed by atoms with Gasteiger partial charge in [0.15, 0.2) is 11.5 Å². The van der Waals surface area contributed by atoms with Crippen molar-refractivity contribution in [1.29, 1.82) is 0 Å². The Morgan fingerprint density at radius 3 is 2.55 bits per heavy atom. The molecule has 1 unspecified atom stereocenters. The van der Waals surface area contributed by atoms with Gasteiger partial charge in [-0.25, -0.2) is 0 Å². The molecule has 22 heavy (non-hydrogen) atoms. The van der Waals surface area contributed by atoms with Crippen LogP contribution >= 0.6 is 0 Å². The van der Waals surface area contributed by atoms with Crippen LogP contribution in [0.15, 0.2) is 36.4 Å². The number of ether oxygens (including phenoxy) is 1. The zero-order valence-electron chi connectivity index (χ0n) is 12.9. The summed E-state index contributed by atoms with van der Waals surface area (Å²) in [6.45, 7) is 0.960. The van der Waals surface area contributed by atoms with Crippen molar-refractivity contribution in [2.24, 2.45) is 0 Å². The van der Waals surface area contributed by atoms with Crippen LogP contribution in [-0.4, -0.2) is 35.8 Å². The summed E-state index contributed by atoms with van der Waals surface area (Å²) in [4.78, 5) is 2.26. The van der Waals surface area contributed by atoms with Gasteiger partial charge < -0.3 is 14.9 Å². The number of aromatic hydroxyl groups is 2. The van der Waals surface area contributed by atoms with Gasteiger partial charge >= 0.3 is 0 Å². The van der Waals surface area contributed by atoms with Gasteiger partial charge in [-0.05, 0) is 49.2 Å². The molecule has 0 aliphatic carbocycles. The number of hydrogen-bond donors (Lipinski definition) is 2. The summed E-state index contributed by atoms with van der Waals surface area (Å²) in [6, 6.07) is 11.2. The van der Waals surface area contributed by atoms with Crippen molar-refractivity contribution in [2.75, 3.05) is 20.7 Å². The highest BCUT2D eigenvalue weighted by atomic mass is 16.5. The second-order valence-corrected chi connectivity index (χ2v) is 5.81. The van der Waals surface area contributed by atoms with Crippen LogP contribution in [0.2, 0.25) is 0 Å². The highest BCUT2D eigenvalue weighted by Gasteiger charge is 2.29. The lowest BCUT2D eigenvalue weighted by Gasteiger charge is -2.35. The zero-order valence-corrected chi connectivity index (χ0v) is 12.9. The van der Waals surface area contributed by atoms with Gasteiger partial charge in [0.05, 0.1) is 7.11 Å². The summed E-state index contributed by atoms with van der Waals surface area (Å²) in [7, 11) is 3.65. The first kappa shape index (κ1) is 14.7. The van der Waals surface area contributed by atoms with E-state index < -0.39 is 0 Å². The van der Waals surface area contributed by atoms with Gasteiger partial charge in [-0.15, -0.1) is 0 Å². The van der Waals surface area contributed by atoms with E-state index >= 15 is 0 Å². The van der Waals surface area contributed by atoms with Gasteiger partial charge in [0.25, 0.3) is 0 Å². The lowest BCUT2D eigenvalue weighted by atomic mass is 9.88. The van der Waals surface area contributed by atoms with Gasteiger partial charge in [-0.2, -0.15) is 0 Å². The van der Waals surface area contributed by atoms with Crippen molar-refractivity contribution < 1.29 is 14.9 Å². The van der Waals surface area contributed by atoms with Crippen LogP contribution in [0, 0.1) is 0 Å². The van der Waals surface area contributed by atoms with Gasteiger partial charge in [0, 0.05) is 18.2 Å². The topological polar surface area (TPSA) is 52.9 Å². The predicted molar refractivity (Wildman–Crippen MR) is 85.5 cm³/mol. The molecule has 2 aromatic rings. The third-order valence-corrected chi connectivity index (χ3v) is 4.45. The third kappa shape index (κ3) is 2.62. The van der Waals surface area contributed by atoms with E-state index in [1.165, 1.54) is 5.56 Å². The molecule has 1 aliphatic heterocycles. The molecule has 0 saturated heterocycles. The summed E-state index contributed by atoms with van der Waals surface area (Å²) in [5.74, 6) is 1.03. The summed E-state index contributed by atoms with van der Waals surface area (Å²) >= 11 is 0. The highest BCUT2D eigenvalue weighted by Crippen LogP contribution is 2.42. The molecule has 1 atom stereocenters. The third-order valence-electron chi connectivity index (χ3n) is 4.45. The number of benzene rings is 2. The van der Waals surface area contributed by atoms with Crippen molar-refractivity contribution >= 4 is 0 Å². The minimum Gasteiger partial charge on any atom is -0.508 e. The van der Waals surface area contributed by atoms with Crippen molar-refractivity contribution in [3.8, 4) is 17.2 Å². The monoisotopic (exact) mass is 299 g/mol. The molecule has 4 heteroatoms. The Morgan fingerprint density at radius 1 is 1.14 bits per heavy atom. The van der Waals surface area contributed by atoms with Crippen molar-refractivity contribution in [2.45, 2.75) is 18.9 Å². The molecular formula is C18H21NO3. The first-order valence-corrected chi connectivity index (χ1v) is 7.47. The van der Waals surface area contributed by atoms with Crippen LogP contribution in [0.25, 0.3) is 0 Å². The molecule has 2 N–H and O–H groups in total. The van der Waals surface area contributed by atoms with Crippen molar-refractivity contribution in [1.82, 2.24) is 4.90 Å². The Hall–Kier alpha value is -2.20. The number of fused-ring (bicyclic) bond motifs is 1. The SMILES string of the molecule is COc1ccc2c(c1O)C(Cc1ccc(O)cc1)N(C)CC2. The number of phenolic OH excluding ortho intramolecular Hbond substituents is 2. The van der Waals surface area contributed by atoms with Crippen LogP contribution in [0.1, 0.15) is 22.7 Å². The van der Waals surface area contributed by atoms with E-state index in [1.54, 1.807) is 19.2 Å². The van der Waals surface area contributed by atoms with Crippen LogP contribution < -0.4 is 4.74 Å². The Labute approximate surface area is 130 Å². The molecule has 3 rings (SSSR count). The highest BCUT2D eigenvalue weighted by molar-refractivity contribution is 5.52. The van der Waals surface area contributed by atoms with Gasteiger partial charge in [-0.3, -0.25) is 4.90 Å². The maximum Gasteiger partial charge on any atom is 0.162 e. The second kappa shape index (κ2) is 5.89. The van der Waals surface area contributed by atoms with E-state index in [9.17, 15) is 10.2 Å². The molecule has 1 aliphatic rings. The Kier molecular flexibility index (Phi) is 3.94. The quantitative estimate of drug-likeness (QED) is 0.915. The summed E-state index contributed by atoms with van der Waals surface area (Å²) in [5, 5.41) is 20.0. The van der Waals surface area contributed by atoms with E-state index in [4.69, 9.17) is 4.74 Å². The van der Waals surface area contributed by atoms with Crippen LogP contribution in [-0.2, 0) is 12.8 Å². The molecule has 0 bridgehead atoms. The zero-order chi connectivity index (χ0) is 15.7. The van der Waals surface area contributed by atoms with Gasteiger partial charge in [-0.1, -0.05) is 18.2 Å². The lowest BCUT2D eigenvalue weighted by Crippen LogP contribution is -2.33. The van der Waals surface area contributed by atoms with Crippen molar-refractivity contribution in [3.63, 3.8) is 0 Å². The fraction of sp³-hybridized carbons (Fsp3) is 0.333. The molecule has 0 saturated carbocycles. The first-order chi connectivity index (χ1) is 10.6. The maximum atomic E-state index is 10.6. The maximum absolute atomic E-state index is 10.6. The van der Waals surface area contributed by atoms with E-state index in [-0.39, 0.29) is 17.5 Å². The molecule has 0 amide bonds. The van der Waals surface area contributed by atoms with Crippen LogP contribution in [0.5, 0.6) is 17.2 Å². The molecule has 116 valence electrons. The number of rotatable bonds is 3. The average molecular weight is 299 g/mol. The number of methoxy groups -OCH3 is 1. The molecule has 0 radical (unpaired) electrons. The Bertz CT molecular complexity index is 667. The molecule has 2 aromatic carbocycles. The smallest absolute Gasteiger partial charge is 0.162 e. The minimum atomic E-state index is 0.100. The Balaban J connectivity index is 1.99. The predicted octanol–water partition coefficient (Wildman–Crippen LogP) is 2.88. The Morgan fingerprint density at radius 2 is 1.86 bits per heavy atom. The summed E-state index contributed by atoms with van der Waals surface area (Å²) in [6.07, 6.45) is 1.71. The standard InChI is InChI=1S/C18H21NO3/c1-19-10-9-13-5-8-16(22-2)18(21)17(13)15(19)11-12-3-6-14(20)7-4-12/h3-8,15,20-21H,9-11H2,1-2H3. The van der Waals surface area contributed by atoms with Crippen LogP contribution in [0.4, 0.5) is 0 Å². The number of nitrogens with zero attached hydrogens (tertiary/aromatic N) is 1. The van der Waals surface area contributed by atoms with Crippen LogP contribution in [0.3, 0.4) is 0 Å².